The number of esters is 1. The molecule has 0 aromatic rings. The van der Waals surface area contributed by atoms with E-state index in [1.165, 1.54) is 7.11 Å². The lowest BCUT2D eigenvalue weighted by Crippen LogP contribution is -2.46. The van der Waals surface area contributed by atoms with Crippen molar-refractivity contribution in [3.8, 4) is 0 Å². The zero-order chi connectivity index (χ0) is 13.9. The highest BCUT2D eigenvalue weighted by Crippen LogP contribution is 2.38. The summed E-state index contributed by atoms with van der Waals surface area (Å²) in [6.45, 7) is 16.4. The highest BCUT2D eigenvalue weighted by molar-refractivity contribution is 6.74. The van der Waals surface area contributed by atoms with Crippen molar-refractivity contribution in [1.82, 2.24) is 0 Å². The Hall–Kier alpha value is -0.613. The molecule has 0 heterocycles. The van der Waals surface area contributed by atoms with E-state index in [4.69, 9.17) is 9.16 Å². The van der Waals surface area contributed by atoms with Gasteiger partial charge in [0.1, 0.15) is 0 Å². The molecule has 2 atom stereocenters. The second-order valence-electron chi connectivity index (χ2n) is 5.89. The summed E-state index contributed by atoms with van der Waals surface area (Å²) < 4.78 is 10.9. The maximum Gasteiger partial charge on any atom is 0.311 e. The van der Waals surface area contributed by atoms with Crippen LogP contribution in [0, 0.1) is 5.92 Å². The third-order valence-electron chi connectivity index (χ3n) is 3.53. The standard InChI is InChI=1S/C13H26O3Si/c1-9-11(10(2)12(14)15-6)16-17(7,8)13(3,4)5/h9-11H,1H2,2-8H3/t10-,11-/m1/s1. The van der Waals surface area contributed by atoms with Gasteiger partial charge < -0.3 is 9.16 Å². The topological polar surface area (TPSA) is 35.5 Å². The third kappa shape index (κ3) is 4.28. The first-order valence-corrected chi connectivity index (χ1v) is 8.86. The lowest BCUT2D eigenvalue weighted by atomic mass is 10.1. The molecule has 0 aromatic carbocycles. The molecule has 0 amide bonds. The Kier molecular flexibility index (Phi) is 5.61. The monoisotopic (exact) mass is 258 g/mol. The quantitative estimate of drug-likeness (QED) is 0.431. The molecule has 0 unspecified atom stereocenters. The Bertz CT molecular complexity index is 279. The fraction of sp³-hybridized carbons (Fsp3) is 0.769. The van der Waals surface area contributed by atoms with Crippen LogP contribution in [0.2, 0.25) is 18.1 Å². The molecule has 0 N–H and O–H groups in total. The Morgan fingerprint density at radius 2 is 1.82 bits per heavy atom. The summed E-state index contributed by atoms with van der Waals surface area (Å²) in [6, 6.07) is 0. The average Bonchev–Trinajstić information content (AvgIpc) is 2.22. The van der Waals surface area contributed by atoms with E-state index in [-0.39, 0.29) is 23.0 Å². The predicted octanol–water partition coefficient (Wildman–Crippen LogP) is 3.37. The molecule has 0 aliphatic rings. The summed E-state index contributed by atoms with van der Waals surface area (Å²) in [5.41, 5.74) is 0. The molecule has 0 aromatic heterocycles. The summed E-state index contributed by atoms with van der Waals surface area (Å²) in [5.74, 6) is -0.569. The molecule has 0 radical (unpaired) electrons. The summed E-state index contributed by atoms with van der Waals surface area (Å²) in [7, 11) is -0.495. The molecule has 0 spiro atoms. The average molecular weight is 258 g/mol. The molecular weight excluding hydrogens is 232 g/mol. The maximum absolute atomic E-state index is 11.5. The Labute approximate surface area is 106 Å². The minimum atomic E-state index is -1.89. The van der Waals surface area contributed by atoms with Gasteiger partial charge in [-0.1, -0.05) is 26.8 Å². The van der Waals surface area contributed by atoms with Crippen LogP contribution in [-0.4, -0.2) is 27.5 Å². The van der Waals surface area contributed by atoms with Gasteiger partial charge in [-0.05, 0) is 25.1 Å². The zero-order valence-electron chi connectivity index (χ0n) is 12.2. The molecule has 0 bridgehead atoms. The minimum absolute atomic E-state index is 0.115. The van der Waals surface area contributed by atoms with Gasteiger partial charge in [0.05, 0.1) is 19.1 Å². The summed E-state index contributed by atoms with van der Waals surface area (Å²) in [6.07, 6.45) is 1.42. The summed E-state index contributed by atoms with van der Waals surface area (Å²) in [5, 5.41) is 0.115. The molecule has 3 nitrogen and oxygen atoms in total. The van der Waals surface area contributed by atoms with Crippen molar-refractivity contribution >= 4 is 14.3 Å². The van der Waals surface area contributed by atoms with Crippen LogP contribution in [0.25, 0.3) is 0 Å². The van der Waals surface area contributed by atoms with Gasteiger partial charge in [0, 0.05) is 0 Å². The molecule has 0 fully saturated rings. The summed E-state index contributed by atoms with van der Waals surface area (Å²) in [4.78, 5) is 11.5. The Morgan fingerprint density at radius 1 is 1.35 bits per heavy atom. The van der Waals surface area contributed by atoms with E-state index in [1.54, 1.807) is 6.08 Å². The van der Waals surface area contributed by atoms with Crippen LogP contribution in [0.15, 0.2) is 12.7 Å². The first-order chi connectivity index (χ1) is 7.56. The van der Waals surface area contributed by atoms with Gasteiger partial charge in [-0.15, -0.1) is 6.58 Å². The van der Waals surface area contributed by atoms with Crippen molar-refractivity contribution in [2.24, 2.45) is 5.92 Å². The van der Waals surface area contributed by atoms with E-state index in [0.717, 1.165) is 0 Å². The number of ether oxygens (including phenoxy) is 1. The van der Waals surface area contributed by atoms with Crippen molar-refractivity contribution in [2.45, 2.75) is 51.9 Å². The van der Waals surface area contributed by atoms with Crippen LogP contribution < -0.4 is 0 Å². The lowest BCUT2D eigenvalue weighted by molar-refractivity contribution is -0.147. The lowest BCUT2D eigenvalue weighted by Gasteiger charge is -2.39. The van der Waals surface area contributed by atoms with E-state index < -0.39 is 8.32 Å². The van der Waals surface area contributed by atoms with Crippen LogP contribution in [0.1, 0.15) is 27.7 Å². The van der Waals surface area contributed by atoms with E-state index in [9.17, 15) is 4.79 Å². The fourth-order valence-corrected chi connectivity index (χ4v) is 2.53. The van der Waals surface area contributed by atoms with Crippen molar-refractivity contribution in [3.05, 3.63) is 12.7 Å². The number of carbonyl (C=O) groups is 1. The number of methoxy groups -OCH3 is 1. The molecule has 0 aliphatic heterocycles. The Balaban J connectivity index is 4.83. The number of rotatable bonds is 5. The van der Waals surface area contributed by atoms with Crippen molar-refractivity contribution < 1.29 is 14.0 Å². The normalized spacial score (nSPS) is 16.2. The van der Waals surface area contributed by atoms with Gasteiger partial charge in [-0.2, -0.15) is 0 Å². The van der Waals surface area contributed by atoms with Crippen LogP contribution in [-0.2, 0) is 14.0 Å². The fourth-order valence-electron chi connectivity index (χ4n) is 1.19. The molecule has 0 aliphatic carbocycles. The molecule has 0 saturated carbocycles. The Morgan fingerprint density at radius 3 is 2.12 bits per heavy atom. The van der Waals surface area contributed by atoms with E-state index in [1.807, 2.05) is 6.92 Å². The van der Waals surface area contributed by atoms with Gasteiger partial charge in [0.15, 0.2) is 8.32 Å². The molecule has 100 valence electrons. The second kappa shape index (κ2) is 5.82. The van der Waals surface area contributed by atoms with Gasteiger partial charge in [0.2, 0.25) is 0 Å². The highest BCUT2D eigenvalue weighted by atomic mass is 28.4. The molecule has 17 heavy (non-hydrogen) atoms. The third-order valence-corrected chi connectivity index (χ3v) is 8.01. The van der Waals surface area contributed by atoms with E-state index in [0.29, 0.717) is 0 Å². The van der Waals surface area contributed by atoms with Gasteiger partial charge in [-0.3, -0.25) is 4.79 Å². The molecule has 0 rings (SSSR count). The second-order valence-corrected chi connectivity index (χ2v) is 10.6. The molecule has 0 saturated heterocycles. The van der Waals surface area contributed by atoms with Crippen molar-refractivity contribution in [3.63, 3.8) is 0 Å². The molecular formula is C13H26O3Si. The summed E-state index contributed by atoms with van der Waals surface area (Å²) >= 11 is 0. The SMILES string of the molecule is C=C[C@@H](O[Si](C)(C)C(C)(C)C)[C@@H](C)C(=O)OC. The number of hydrogen-bond acceptors (Lipinski definition) is 3. The number of carbonyl (C=O) groups excluding carboxylic acids is 1. The van der Waals surface area contributed by atoms with Gasteiger partial charge in [0.25, 0.3) is 0 Å². The highest BCUT2D eigenvalue weighted by Gasteiger charge is 2.40. The first kappa shape index (κ1) is 16.4. The molecule has 4 heteroatoms. The van der Waals surface area contributed by atoms with Gasteiger partial charge >= 0.3 is 5.97 Å². The minimum Gasteiger partial charge on any atom is -0.469 e. The number of hydrogen-bond donors (Lipinski definition) is 0. The zero-order valence-corrected chi connectivity index (χ0v) is 13.2. The van der Waals surface area contributed by atoms with Crippen LogP contribution in [0.4, 0.5) is 0 Å². The predicted molar refractivity (Wildman–Crippen MR) is 73.4 cm³/mol. The van der Waals surface area contributed by atoms with Crippen molar-refractivity contribution in [1.29, 1.82) is 0 Å². The van der Waals surface area contributed by atoms with Crippen molar-refractivity contribution in [2.75, 3.05) is 7.11 Å². The largest absolute Gasteiger partial charge is 0.469 e. The first-order valence-electron chi connectivity index (χ1n) is 5.95. The van der Waals surface area contributed by atoms with E-state index >= 15 is 0 Å². The van der Waals surface area contributed by atoms with Crippen LogP contribution >= 0.6 is 0 Å². The van der Waals surface area contributed by atoms with Crippen LogP contribution in [0.5, 0.6) is 0 Å². The maximum atomic E-state index is 11.5. The van der Waals surface area contributed by atoms with Gasteiger partial charge in [-0.25, -0.2) is 0 Å². The van der Waals surface area contributed by atoms with E-state index in [2.05, 4.69) is 40.4 Å². The van der Waals surface area contributed by atoms with Crippen LogP contribution in [0.3, 0.4) is 0 Å². The smallest absolute Gasteiger partial charge is 0.311 e.